The van der Waals surface area contributed by atoms with Crippen molar-refractivity contribution in [3.63, 3.8) is 0 Å². The van der Waals surface area contributed by atoms with Crippen LogP contribution < -0.4 is 4.74 Å². The monoisotopic (exact) mass is 337 g/mol. The van der Waals surface area contributed by atoms with E-state index >= 15 is 0 Å². The molecule has 120 valence electrons. The molecule has 0 amide bonds. The van der Waals surface area contributed by atoms with E-state index in [9.17, 15) is 4.21 Å². The van der Waals surface area contributed by atoms with E-state index in [2.05, 4.69) is 18.8 Å². The third kappa shape index (κ3) is 4.92. The molecule has 0 saturated heterocycles. The van der Waals surface area contributed by atoms with Crippen LogP contribution in [0.2, 0.25) is 0 Å². The molecule has 0 radical (unpaired) electrons. The molecule has 0 aliphatic heterocycles. The van der Waals surface area contributed by atoms with Crippen molar-refractivity contribution in [2.75, 3.05) is 0 Å². The van der Waals surface area contributed by atoms with Gasteiger partial charge in [0.25, 0.3) is 0 Å². The van der Waals surface area contributed by atoms with Crippen LogP contribution in [0.1, 0.15) is 49.9 Å². The first-order valence-corrected chi connectivity index (χ1v) is 9.86. The lowest BCUT2D eigenvalue weighted by atomic mass is 10.2. The van der Waals surface area contributed by atoms with Gasteiger partial charge < -0.3 is 4.74 Å². The Morgan fingerprint density at radius 3 is 2.55 bits per heavy atom. The van der Waals surface area contributed by atoms with E-state index in [0.717, 1.165) is 22.0 Å². The molecule has 22 heavy (non-hydrogen) atoms. The van der Waals surface area contributed by atoms with Crippen LogP contribution in [0.4, 0.5) is 0 Å². The summed E-state index contributed by atoms with van der Waals surface area (Å²) in [6.07, 6.45) is 0.113. The second-order valence-electron chi connectivity index (χ2n) is 5.83. The van der Waals surface area contributed by atoms with Crippen LogP contribution in [0.3, 0.4) is 0 Å². The molecule has 1 aromatic carbocycles. The van der Waals surface area contributed by atoms with Crippen LogP contribution in [0.5, 0.6) is 5.75 Å². The van der Waals surface area contributed by atoms with Crippen molar-refractivity contribution in [2.24, 2.45) is 0 Å². The summed E-state index contributed by atoms with van der Waals surface area (Å²) in [7, 11) is -0.983. The summed E-state index contributed by atoms with van der Waals surface area (Å²) in [6, 6.07) is 7.82. The molecule has 0 aliphatic carbocycles. The Morgan fingerprint density at radius 2 is 1.91 bits per heavy atom. The van der Waals surface area contributed by atoms with Gasteiger partial charge in [-0.2, -0.15) is 0 Å². The van der Waals surface area contributed by atoms with Gasteiger partial charge in [0.2, 0.25) is 0 Å². The van der Waals surface area contributed by atoms with Crippen LogP contribution in [0, 0.1) is 0 Å². The summed E-state index contributed by atoms with van der Waals surface area (Å²) in [6.45, 7) is 8.24. The van der Waals surface area contributed by atoms with E-state index in [4.69, 9.17) is 4.74 Å². The summed E-state index contributed by atoms with van der Waals surface area (Å²) < 4.78 is 18.2. The second-order valence-corrected chi connectivity index (χ2v) is 8.18. The molecule has 0 aliphatic rings. The summed E-state index contributed by atoms with van der Waals surface area (Å²) in [5.74, 6) is 2.25. The van der Waals surface area contributed by atoms with Crippen LogP contribution in [-0.2, 0) is 22.3 Å². The normalized spacial score (nSPS) is 12.8. The molecule has 5 heteroatoms. The van der Waals surface area contributed by atoms with Gasteiger partial charge in [-0.25, -0.2) is 4.98 Å². The Balaban J connectivity index is 2.02. The zero-order valence-electron chi connectivity index (χ0n) is 13.5. The molecule has 2 aromatic rings. The fourth-order valence-corrected chi connectivity index (χ4v) is 4.14. The van der Waals surface area contributed by atoms with Crippen LogP contribution in [0.25, 0.3) is 0 Å². The molecule has 0 N–H and O–H groups in total. The Morgan fingerprint density at radius 1 is 1.18 bits per heavy atom. The van der Waals surface area contributed by atoms with Gasteiger partial charge in [0, 0.05) is 27.7 Å². The molecule has 1 atom stereocenters. The topological polar surface area (TPSA) is 39.2 Å². The third-order valence-corrected chi connectivity index (χ3v) is 5.47. The number of benzene rings is 1. The molecule has 0 spiro atoms. The van der Waals surface area contributed by atoms with E-state index in [0.29, 0.717) is 17.4 Å². The van der Waals surface area contributed by atoms with Gasteiger partial charge in [-0.05, 0) is 19.9 Å². The minimum absolute atomic E-state index is 0.113. The van der Waals surface area contributed by atoms with E-state index < -0.39 is 10.8 Å². The summed E-state index contributed by atoms with van der Waals surface area (Å²) in [5.41, 5.74) is 1.92. The minimum atomic E-state index is -0.983. The van der Waals surface area contributed by atoms with Crippen molar-refractivity contribution in [1.29, 1.82) is 0 Å². The van der Waals surface area contributed by atoms with Gasteiger partial charge >= 0.3 is 0 Å². The number of aromatic nitrogens is 1. The second kappa shape index (κ2) is 7.88. The molecule has 3 nitrogen and oxygen atoms in total. The maximum atomic E-state index is 12.4. The van der Waals surface area contributed by atoms with E-state index in [1.165, 1.54) is 0 Å². The average Bonchev–Trinajstić information content (AvgIpc) is 2.89. The Hall–Kier alpha value is -1.20. The first-order chi connectivity index (χ1) is 10.5. The van der Waals surface area contributed by atoms with Crippen LogP contribution in [-0.4, -0.2) is 15.3 Å². The van der Waals surface area contributed by atoms with E-state index in [1.54, 1.807) is 11.3 Å². The summed E-state index contributed by atoms with van der Waals surface area (Å²) in [4.78, 5) is 4.56. The van der Waals surface area contributed by atoms with Gasteiger partial charge in [-0.3, -0.25) is 4.21 Å². The largest absolute Gasteiger partial charge is 0.491 e. The maximum absolute atomic E-state index is 12.4. The molecule has 0 fully saturated rings. The highest BCUT2D eigenvalue weighted by atomic mass is 32.2. The highest BCUT2D eigenvalue weighted by Crippen LogP contribution is 2.23. The van der Waals surface area contributed by atoms with Gasteiger partial charge in [-0.15, -0.1) is 11.3 Å². The highest BCUT2D eigenvalue weighted by molar-refractivity contribution is 7.83. The molecule has 1 unspecified atom stereocenters. The zero-order chi connectivity index (χ0) is 16.1. The lowest BCUT2D eigenvalue weighted by Crippen LogP contribution is -2.09. The summed E-state index contributed by atoms with van der Waals surface area (Å²) in [5, 5.41) is 3.12. The number of hydrogen-bond acceptors (Lipinski definition) is 4. The van der Waals surface area contributed by atoms with Crippen molar-refractivity contribution in [2.45, 2.75) is 51.2 Å². The number of rotatable bonds is 7. The first-order valence-electron chi connectivity index (χ1n) is 7.49. The molecule has 0 saturated carbocycles. The van der Waals surface area contributed by atoms with Crippen LogP contribution in [0.15, 0.2) is 29.6 Å². The quantitative estimate of drug-likeness (QED) is 0.746. The standard InChI is InChI=1S/C17H23NO2S2/c1-12(2)17-18-15(9-21-17)11-22(19)10-14-7-5-6-8-16(14)20-13(3)4/h5-9,12-13H,10-11H2,1-4H3. The molecule has 0 bridgehead atoms. The zero-order valence-corrected chi connectivity index (χ0v) is 15.2. The Labute approximate surface area is 139 Å². The first kappa shape index (κ1) is 17.2. The number of nitrogens with zero attached hydrogens (tertiary/aromatic N) is 1. The molecular weight excluding hydrogens is 314 g/mol. The third-order valence-electron chi connectivity index (χ3n) is 3.02. The van der Waals surface area contributed by atoms with Crippen molar-refractivity contribution in [3.8, 4) is 5.75 Å². The van der Waals surface area contributed by atoms with Gasteiger partial charge in [0.15, 0.2) is 0 Å². The van der Waals surface area contributed by atoms with Crippen molar-refractivity contribution in [3.05, 3.63) is 45.9 Å². The van der Waals surface area contributed by atoms with Crippen molar-refractivity contribution in [1.82, 2.24) is 4.98 Å². The number of ether oxygens (including phenoxy) is 1. The number of thiazole rings is 1. The predicted octanol–water partition coefficient (Wildman–Crippen LogP) is 4.50. The maximum Gasteiger partial charge on any atom is 0.123 e. The molecular formula is C17H23NO2S2. The number of para-hydroxylation sites is 1. The van der Waals surface area contributed by atoms with Gasteiger partial charge in [0.1, 0.15) is 5.75 Å². The fraction of sp³-hybridized carbons (Fsp3) is 0.471. The SMILES string of the molecule is CC(C)Oc1ccccc1CS(=O)Cc1csc(C(C)C)n1. The van der Waals surface area contributed by atoms with Crippen molar-refractivity contribution < 1.29 is 8.95 Å². The highest BCUT2D eigenvalue weighted by Gasteiger charge is 2.12. The molecule has 1 aromatic heterocycles. The molecule has 2 rings (SSSR count). The molecule has 1 heterocycles. The Bertz CT molecular complexity index is 635. The summed E-state index contributed by atoms with van der Waals surface area (Å²) >= 11 is 1.65. The fourth-order valence-electron chi connectivity index (χ4n) is 2.04. The van der Waals surface area contributed by atoms with Crippen molar-refractivity contribution >= 4 is 22.1 Å². The Kier molecular flexibility index (Phi) is 6.15. The van der Waals surface area contributed by atoms with Gasteiger partial charge in [0.05, 0.1) is 28.3 Å². The smallest absolute Gasteiger partial charge is 0.123 e. The number of hydrogen-bond donors (Lipinski definition) is 0. The van der Waals surface area contributed by atoms with E-state index in [-0.39, 0.29) is 6.10 Å². The lowest BCUT2D eigenvalue weighted by molar-refractivity contribution is 0.240. The lowest BCUT2D eigenvalue weighted by Gasteiger charge is -2.13. The van der Waals surface area contributed by atoms with Gasteiger partial charge in [-0.1, -0.05) is 32.0 Å². The van der Waals surface area contributed by atoms with Crippen LogP contribution >= 0.6 is 11.3 Å². The van der Waals surface area contributed by atoms with E-state index in [1.807, 2.05) is 43.5 Å². The minimum Gasteiger partial charge on any atom is -0.491 e. The average molecular weight is 338 g/mol. The predicted molar refractivity (Wildman–Crippen MR) is 94.0 cm³/mol.